The number of ketones is 1. The van der Waals surface area contributed by atoms with Crippen LogP contribution >= 0.6 is 23.2 Å². The van der Waals surface area contributed by atoms with Gasteiger partial charge in [-0.15, -0.1) is 23.2 Å². The Kier molecular flexibility index (Phi) is 5.61. The van der Waals surface area contributed by atoms with E-state index in [0.29, 0.717) is 24.9 Å². The maximum absolute atomic E-state index is 13.0. The number of ether oxygens (including phenoxy) is 1. The second-order valence-corrected chi connectivity index (χ2v) is 9.01. The second kappa shape index (κ2) is 7.53. The first-order valence-corrected chi connectivity index (χ1v) is 9.80. The van der Waals surface area contributed by atoms with E-state index < -0.39 is 15.7 Å². The van der Waals surface area contributed by atoms with E-state index in [1.807, 2.05) is 18.4 Å². The summed E-state index contributed by atoms with van der Waals surface area (Å²) in [5.41, 5.74) is 2.32. The fourth-order valence-electron chi connectivity index (χ4n) is 3.31. The predicted molar refractivity (Wildman–Crippen MR) is 106 cm³/mol. The van der Waals surface area contributed by atoms with Crippen molar-refractivity contribution in [2.45, 2.75) is 44.5 Å². The number of halogens is 3. The third-order valence-electron chi connectivity index (χ3n) is 5.45. The molecule has 3 rings (SSSR count). The Balaban J connectivity index is 1.63. The van der Waals surface area contributed by atoms with Gasteiger partial charge in [0, 0.05) is 29.9 Å². The van der Waals surface area contributed by atoms with Crippen LogP contribution in [0.4, 0.5) is 4.39 Å². The minimum Gasteiger partial charge on any atom is -0.457 e. The van der Waals surface area contributed by atoms with Crippen LogP contribution < -0.4 is 0 Å². The van der Waals surface area contributed by atoms with Gasteiger partial charge in [-0.1, -0.05) is 12.1 Å². The minimum atomic E-state index is -1.12. The molecular weight excluding hydrogens is 404 g/mol. The van der Waals surface area contributed by atoms with Crippen molar-refractivity contribution in [3.05, 3.63) is 58.7 Å². The summed E-state index contributed by atoms with van der Waals surface area (Å²) in [6.07, 6.45) is 1.03. The third-order valence-corrected chi connectivity index (χ3v) is 6.56. The van der Waals surface area contributed by atoms with Crippen molar-refractivity contribution in [1.82, 2.24) is 4.57 Å². The second-order valence-electron chi connectivity index (χ2n) is 7.53. The van der Waals surface area contributed by atoms with E-state index in [4.69, 9.17) is 27.9 Å². The molecule has 1 aliphatic carbocycles. The van der Waals surface area contributed by atoms with Crippen LogP contribution in [0.1, 0.15) is 40.7 Å². The van der Waals surface area contributed by atoms with Gasteiger partial charge in [0.15, 0.2) is 6.61 Å². The first kappa shape index (κ1) is 20.9. The fraction of sp³-hybridized carbons (Fsp3) is 0.429. The summed E-state index contributed by atoms with van der Waals surface area (Å²) in [7, 11) is 0. The van der Waals surface area contributed by atoms with Gasteiger partial charge in [-0.25, -0.2) is 4.39 Å². The molecule has 1 aliphatic rings. The number of aryl methyl sites for hydroxylation is 2. The Morgan fingerprint density at radius 2 is 1.82 bits per heavy atom. The van der Waals surface area contributed by atoms with Crippen molar-refractivity contribution < 1.29 is 18.7 Å². The zero-order chi connectivity index (χ0) is 20.7. The number of aromatic nitrogens is 1. The van der Waals surface area contributed by atoms with Gasteiger partial charge in [0.25, 0.3) is 0 Å². The van der Waals surface area contributed by atoms with Crippen molar-refractivity contribution in [2.75, 3.05) is 6.61 Å². The summed E-state index contributed by atoms with van der Waals surface area (Å²) in [6.45, 7) is 5.72. The molecule has 4 nitrogen and oxygen atoms in total. The number of alkyl halides is 2. The highest BCUT2D eigenvalue weighted by molar-refractivity contribution is 6.53. The molecule has 1 heterocycles. The fourth-order valence-corrected chi connectivity index (χ4v) is 4.00. The monoisotopic (exact) mass is 425 g/mol. The maximum atomic E-state index is 13.0. The Morgan fingerprint density at radius 1 is 1.21 bits per heavy atom. The Bertz CT molecular complexity index is 920. The standard InChI is InChI=1S/C21H22Cl2FNO3/c1-13-10-17(18(26)11-28-19(27)20(3)12-21(20,22)23)14(2)25(13)9-8-15-4-6-16(24)7-5-15/h4-7,10H,8-9,11-12H2,1-3H3. The molecule has 0 amide bonds. The zero-order valence-electron chi connectivity index (χ0n) is 16.0. The van der Waals surface area contributed by atoms with E-state index in [9.17, 15) is 14.0 Å². The van der Waals surface area contributed by atoms with Gasteiger partial charge in [0.1, 0.15) is 15.6 Å². The lowest BCUT2D eigenvalue weighted by Crippen LogP contribution is -2.24. The van der Waals surface area contributed by atoms with Crippen molar-refractivity contribution in [3.63, 3.8) is 0 Å². The molecule has 1 aromatic heterocycles. The van der Waals surface area contributed by atoms with E-state index in [1.54, 1.807) is 25.1 Å². The highest BCUT2D eigenvalue weighted by Gasteiger charge is 2.69. The first-order chi connectivity index (χ1) is 13.0. The third kappa shape index (κ3) is 3.96. The molecule has 2 aromatic rings. The molecule has 0 bridgehead atoms. The maximum Gasteiger partial charge on any atom is 0.315 e. The summed E-state index contributed by atoms with van der Waals surface area (Å²) in [5.74, 6) is -1.09. The highest BCUT2D eigenvalue weighted by Crippen LogP contribution is 2.64. The molecule has 150 valence electrons. The van der Waals surface area contributed by atoms with Gasteiger partial charge in [0.05, 0.1) is 0 Å². The molecule has 1 atom stereocenters. The lowest BCUT2D eigenvalue weighted by atomic mass is 10.1. The summed E-state index contributed by atoms with van der Waals surface area (Å²) in [5, 5.41) is 0. The number of Topliss-reactive ketones (excluding diaryl/α,β-unsaturated/α-hetero) is 1. The smallest absolute Gasteiger partial charge is 0.315 e. The van der Waals surface area contributed by atoms with Gasteiger partial charge in [-0.3, -0.25) is 9.59 Å². The number of carbonyl (C=O) groups excluding carboxylic acids is 2. The van der Waals surface area contributed by atoms with Crippen molar-refractivity contribution >= 4 is 35.0 Å². The first-order valence-electron chi connectivity index (χ1n) is 9.04. The van der Waals surface area contributed by atoms with Crippen LogP contribution in [0.3, 0.4) is 0 Å². The SMILES string of the molecule is Cc1cc(C(=O)COC(=O)C2(C)CC2(Cl)Cl)c(C)n1CCc1ccc(F)cc1. The van der Waals surface area contributed by atoms with E-state index in [-0.39, 0.29) is 18.2 Å². The van der Waals surface area contributed by atoms with Crippen LogP contribution in [0.5, 0.6) is 0 Å². The molecule has 0 N–H and O–H groups in total. The molecule has 0 spiro atoms. The van der Waals surface area contributed by atoms with Gasteiger partial charge < -0.3 is 9.30 Å². The van der Waals surface area contributed by atoms with Gasteiger partial charge in [0.2, 0.25) is 5.78 Å². The van der Waals surface area contributed by atoms with Crippen LogP contribution in [-0.4, -0.2) is 27.3 Å². The van der Waals surface area contributed by atoms with Crippen LogP contribution in [-0.2, 0) is 22.5 Å². The molecule has 1 saturated carbocycles. The van der Waals surface area contributed by atoms with Crippen molar-refractivity contribution in [2.24, 2.45) is 5.41 Å². The van der Waals surface area contributed by atoms with E-state index in [2.05, 4.69) is 0 Å². The molecule has 7 heteroatoms. The lowest BCUT2D eigenvalue weighted by molar-refractivity contribution is -0.148. The lowest BCUT2D eigenvalue weighted by Gasteiger charge is -2.12. The highest BCUT2D eigenvalue weighted by atomic mass is 35.5. The Labute approximate surface area is 173 Å². The van der Waals surface area contributed by atoms with Crippen molar-refractivity contribution in [1.29, 1.82) is 0 Å². The summed E-state index contributed by atoms with van der Waals surface area (Å²) >= 11 is 11.9. The zero-order valence-corrected chi connectivity index (χ0v) is 17.5. The molecule has 1 unspecified atom stereocenters. The quantitative estimate of drug-likeness (QED) is 0.363. The molecular formula is C21H22Cl2FNO3. The minimum absolute atomic E-state index is 0.264. The van der Waals surface area contributed by atoms with Crippen LogP contribution in [0.25, 0.3) is 0 Å². The largest absolute Gasteiger partial charge is 0.457 e. The molecule has 0 radical (unpaired) electrons. The van der Waals surface area contributed by atoms with Gasteiger partial charge in [-0.2, -0.15) is 0 Å². The van der Waals surface area contributed by atoms with Crippen LogP contribution in [0, 0.1) is 25.1 Å². The predicted octanol–water partition coefficient (Wildman–Crippen LogP) is 4.80. The number of hydrogen-bond acceptors (Lipinski definition) is 3. The van der Waals surface area contributed by atoms with E-state index in [0.717, 1.165) is 17.0 Å². The number of benzene rings is 1. The summed E-state index contributed by atoms with van der Waals surface area (Å²) in [6, 6.07) is 8.17. The van der Waals surface area contributed by atoms with Gasteiger partial charge in [-0.05, 0) is 51.0 Å². The van der Waals surface area contributed by atoms with Crippen LogP contribution in [0.15, 0.2) is 30.3 Å². The number of rotatable bonds is 7. The summed E-state index contributed by atoms with van der Waals surface area (Å²) < 4.78 is 19.1. The van der Waals surface area contributed by atoms with E-state index >= 15 is 0 Å². The Hall–Kier alpha value is -1.85. The number of esters is 1. The number of nitrogens with zero attached hydrogens (tertiary/aromatic N) is 1. The van der Waals surface area contributed by atoms with Crippen LogP contribution in [0.2, 0.25) is 0 Å². The normalized spacial score (nSPS) is 20.1. The summed E-state index contributed by atoms with van der Waals surface area (Å²) in [4.78, 5) is 24.7. The molecule has 28 heavy (non-hydrogen) atoms. The average molecular weight is 426 g/mol. The van der Waals surface area contributed by atoms with Crippen molar-refractivity contribution in [3.8, 4) is 0 Å². The number of carbonyl (C=O) groups is 2. The average Bonchev–Trinajstić information content (AvgIpc) is 3.03. The molecule has 0 aliphatic heterocycles. The molecule has 0 saturated heterocycles. The molecule has 1 fully saturated rings. The van der Waals surface area contributed by atoms with Gasteiger partial charge >= 0.3 is 5.97 Å². The van der Waals surface area contributed by atoms with E-state index in [1.165, 1.54) is 12.1 Å². The Morgan fingerprint density at radius 3 is 2.39 bits per heavy atom. The topological polar surface area (TPSA) is 48.3 Å². The number of hydrogen-bond donors (Lipinski definition) is 0. The molecule has 1 aromatic carbocycles.